The molecule has 2 aromatic heterocycles. The zero-order valence-electron chi connectivity index (χ0n) is 12.9. The van der Waals surface area contributed by atoms with Crippen molar-refractivity contribution < 1.29 is 4.39 Å². The van der Waals surface area contributed by atoms with Crippen molar-refractivity contribution >= 4 is 28.5 Å². The van der Waals surface area contributed by atoms with Crippen molar-refractivity contribution in [3.63, 3.8) is 0 Å². The summed E-state index contributed by atoms with van der Waals surface area (Å²) in [4.78, 5) is 8.89. The van der Waals surface area contributed by atoms with Crippen molar-refractivity contribution in [2.24, 2.45) is 0 Å². The highest BCUT2D eigenvalue weighted by molar-refractivity contribution is 7.99. The number of thioether (sulfide) groups is 1. The van der Waals surface area contributed by atoms with Gasteiger partial charge in [0.1, 0.15) is 11.6 Å². The van der Waals surface area contributed by atoms with E-state index in [0.717, 1.165) is 28.6 Å². The number of halogens is 1. The smallest absolute Gasteiger partial charge is 0.132 e. The van der Waals surface area contributed by atoms with Crippen LogP contribution in [0.2, 0.25) is 0 Å². The predicted octanol–water partition coefficient (Wildman–Crippen LogP) is 4.88. The first-order valence-corrected chi connectivity index (χ1v) is 8.62. The van der Waals surface area contributed by atoms with Gasteiger partial charge in [-0.05, 0) is 48.1 Å². The van der Waals surface area contributed by atoms with Gasteiger partial charge in [0.15, 0.2) is 0 Å². The summed E-state index contributed by atoms with van der Waals surface area (Å²) in [5.41, 5.74) is 1.65. The first kappa shape index (κ1) is 15.7. The van der Waals surface area contributed by atoms with Crippen molar-refractivity contribution in [3.8, 4) is 0 Å². The number of hydrogen-bond acceptors (Lipinski definition) is 4. The van der Waals surface area contributed by atoms with E-state index in [4.69, 9.17) is 0 Å². The van der Waals surface area contributed by atoms with E-state index in [-0.39, 0.29) is 5.82 Å². The van der Waals surface area contributed by atoms with Gasteiger partial charge in [0.05, 0.1) is 10.5 Å². The van der Waals surface area contributed by atoms with Gasteiger partial charge in [-0.1, -0.05) is 19.1 Å². The fourth-order valence-corrected chi connectivity index (χ4v) is 3.08. The number of nitrogens with one attached hydrogen (secondary N) is 1. The van der Waals surface area contributed by atoms with E-state index in [9.17, 15) is 4.39 Å². The Morgan fingerprint density at radius 2 is 2.04 bits per heavy atom. The van der Waals surface area contributed by atoms with Gasteiger partial charge in [0, 0.05) is 18.1 Å². The Bertz CT molecular complexity index is 807. The Balaban J connectivity index is 1.77. The normalized spacial score (nSPS) is 10.9. The van der Waals surface area contributed by atoms with Crippen LogP contribution in [-0.4, -0.2) is 15.7 Å². The molecule has 0 aliphatic rings. The molecule has 5 heteroatoms. The molecule has 0 radical (unpaired) electrons. The molecule has 0 fully saturated rings. The second-order valence-corrected chi connectivity index (χ2v) is 6.28. The summed E-state index contributed by atoms with van der Waals surface area (Å²) in [7, 11) is 0. The minimum Gasteiger partial charge on any atom is -0.366 e. The Morgan fingerprint density at radius 1 is 1.13 bits per heavy atom. The van der Waals surface area contributed by atoms with Gasteiger partial charge in [0.2, 0.25) is 0 Å². The van der Waals surface area contributed by atoms with Crippen molar-refractivity contribution in [1.29, 1.82) is 0 Å². The summed E-state index contributed by atoms with van der Waals surface area (Å²) in [5.74, 6) is 1.63. The van der Waals surface area contributed by atoms with Crippen LogP contribution in [0.25, 0.3) is 10.9 Å². The molecule has 1 aromatic carbocycles. The Hall–Kier alpha value is -2.14. The lowest BCUT2D eigenvalue weighted by Gasteiger charge is -2.09. The fraction of sp³-hybridized carbons (Fsp3) is 0.222. The SMILES string of the molecule is CCCSc1cccc(NCc2ccc(F)c3cccnc23)n1. The highest BCUT2D eigenvalue weighted by Crippen LogP contribution is 2.22. The Morgan fingerprint density at radius 3 is 2.91 bits per heavy atom. The molecule has 23 heavy (non-hydrogen) atoms. The molecule has 2 heterocycles. The molecule has 0 amide bonds. The minimum absolute atomic E-state index is 0.243. The average Bonchev–Trinajstić information content (AvgIpc) is 2.60. The molecule has 0 spiro atoms. The summed E-state index contributed by atoms with van der Waals surface area (Å²) < 4.78 is 13.8. The third-order valence-corrected chi connectivity index (χ3v) is 4.57. The molecule has 3 nitrogen and oxygen atoms in total. The molecule has 3 rings (SSSR count). The van der Waals surface area contributed by atoms with Gasteiger partial charge >= 0.3 is 0 Å². The highest BCUT2D eigenvalue weighted by atomic mass is 32.2. The van der Waals surface area contributed by atoms with Crippen LogP contribution in [-0.2, 0) is 6.54 Å². The predicted molar refractivity (Wildman–Crippen MR) is 94.3 cm³/mol. The van der Waals surface area contributed by atoms with Gasteiger partial charge in [-0.2, -0.15) is 0 Å². The van der Waals surface area contributed by atoms with E-state index in [1.807, 2.05) is 18.2 Å². The number of hydrogen-bond donors (Lipinski definition) is 1. The fourth-order valence-electron chi connectivity index (χ4n) is 2.33. The highest BCUT2D eigenvalue weighted by Gasteiger charge is 2.07. The summed E-state index contributed by atoms with van der Waals surface area (Å²) in [6, 6.07) is 12.7. The van der Waals surface area contributed by atoms with Crippen molar-refractivity contribution in [1.82, 2.24) is 9.97 Å². The average molecular weight is 327 g/mol. The number of rotatable bonds is 6. The monoisotopic (exact) mass is 327 g/mol. The van der Waals surface area contributed by atoms with E-state index in [0.29, 0.717) is 17.4 Å². The van der Waals surface area contributed by atoms with Gasteiger partial charge in [-0.15, -0.1) is 11.8 Å². The maximum absolute atomic E-state index is 13.8. The molecular formula is C18H18FN3S. The first-order chi connectivity index (χ1) is 11.3. The Labute approximate surface area is 139 Å². The van der Waals surface area contributed by atoms with Crippen LogP contribution in [0.5, 0.6) is 0 Å². The van der Waals surface area contributed by atoms with E-state index >= 15 is 0 Å². The van der Waals surface area contributed by atoms with E-state index in [2.05, 4.69) is 22.2 Å². The molecule has 0 aliphatic heterocycles. The molecule has 0 atom stereocenters. The summed E-state index contributed by atoms with van der Waals surface area (Å²) in [6.45, 7) is 2.71. The summed E-state index contributed by atoms with van der Waals surface area (Å²) >= 11 is 1.75. The number of aromatic nitrogens is 2. The van der Waals surface area contributed by atoms with E-state index in [1.54, 1.807) is 36.2 Å². The third kappa shape index (κ3) is 3.79. The van der Waals surface area contributed by atoms with Crippen LogP contribution in [0.15, 0.2) is 53.7 Å². The molecule has 0 saturated carbocycles. The molecule has 0 unspecified atom stereocenters. The van der Waals surface area contributed by atoms with Crippen LogP contribution in [0.3, 0.4) is 0 Å². The number of pyridine rings is 2. The second-order valence-electron chi connectivity index (χ2n) is 5.17. The van der Waals surface area contributed by atoms with Crippen LogP contribution in [0.4, 0.5) is 10.2 Å². The van der Waals surface area contributed by atoms with Crippen molar-refractivity contribution in [2.45, 2.75) is 24.9 Å². The number of nitrogens with zero attached hydrogens (tertiary/aromatic N) is 2. The van der Waals surface area contributed by atoms with Gasteiger partial charge in [0.25, 0.3) is 0 Å². The van der Waals surface area contributed by atoms with E-state index in [1.165, 1.54) is 6.07 Å². The topological polar surface area (TPSA) is 37.8 Å². The lowest BCUT2D eigenvalue weighted by atomic mass is 10.1. The molecule has 0 bridgehead atoms. The van der Waals surface area contributed by atoms with Crippen LogP contribution in [0, 0.1) is 5.82 Å². The zero-order valence-corrected chi connectivity index (χ0v) is 13.7. The Kier molecular flexibility index (Phi) is 5.08. The minimum atomic E-state index is -0.243. The quantitative estimate of drug-likeness (QED) is 0.655. The maximum Gasteiger partial charge on any atom is 0.132 e. The van der Waals surface area contributed by atoms with Crippen LogP contribution < -0.4 is 5.32 Å². The lowest BCUT2D eigenvalue weighted by Crippen LogP contribution is -2.03. The van der Waals surface area contributed by atoms with Crippen molar-refractivity contribution in [2.75, 3.05) is 11.1 Å². The zero-order chi connectivity index (χ0) is 16.1. The summed E-state index contributed by atoms with van der Waals surface area (Å²) in [6.07, 6.45) is 2.81. The largest absolute Gasteiger partial charge is 0.366 e. The number of anilines is 1. The van der Waals surface area contributed by atoms with Crippen LogP contribution in [0.1, 0.15) is 18.9 Å². The third-order valence-electron chi connectivity index (χ3n) is 3.44. The first-order valence-electron chi connectivity index (χ1n) is 7.64. The standard InChI is InChI=1S/C18H18FN3S/c1-2-11-23-17-7-3-6-16(22-17)21-12-13-8-9-15(19)14-5-4-10-20-18(13)14/h3-10H,2,11-12H2,1H3,(H,21,22). The molecule has 0 aliphatic carbocycles. The molecule has 118 valence electrons. The van der Waals surface area contributed by atoms with Gasteiger partial charge in [-0.3, -0.25) is 4.98 Å². The second kappa shape index (κ2) is 7.42. The van der Waals surface area contributed by atoms with Gasteiger partial charge in [-0.25, -0.2) is 9.37 Å². The number of benzene rings is 1. The van der Waals surface area contributed by atoms with Crippen molar-refractivity contribution in [3.05, 3.63) is 60.0 Å². The summed E-state index contributed by atoms with van der Waals surface area (Å²) in [5, 5.41) is 4.86. The lowest BCUT2D eigenvalue weighted by molar-refractivity contribution is 0.639. The number of fused-ring (bicyclic) bond motifs is 1. The van der Waals surface area contributed by atoms with Gasteiger partial charge < -0.3 is 5.32 Å². The van der Waals surface area contributed by atoms with Crippen LogP contribution >= 0.6 is 11.8 Å². The molecular weight excluding hydrogens is 309 g/mol. The van der Waals surface area contributed by atoms with E-state index < -0.39 is 0 Å². The molecule has 3 aromatic rings. The maximum atomic E-state index is 13.8. The molecule has 1 N–H and O–H groups in total. The molecule has 0 saturated heterocycles.